The highest BCUT2D eigenvalue weighted by molar-refractivity contribution is 5.55. The lowest BCUT2D eigenvalue weighted by atomic mass is 9.83. The van der Waals surface area contributed by atoms with E-state index in [1.165, 1.54) is 0 Å². The third kappa shape index (κ3) is 2.49. The maximum Gasteiger partial charge on any atom is 0.119 e. The summed E-state index contributed by atoms with van der Waals surface area (Å²) in [5.41, 5.74) is 1.89. The Morgan fingerprint density at radius 1 is 0.455 bits per heavy atom. The Hall–Kier alpha value is -2.94. The predicted octanol–water partition coefficient (Wildman–Crippen LogP) is 3.98. The van der Waals surface area contributed by atoms with E-state index < -0.39 is 5.92 Å². The van der Waals surface area contributed by atoms with E-state index in [9.17, 15) is 15.3 Å². The van der Waals surface area contributed by atoms with Crippen molar-refractivity contribution in [3.8, 4) is 17.2 Å². The van der Waals surface area contributed by atoms with Crippen LogP contribution in [-0.2, 0) is 0 Å². The van der Waals surface area contributed by atoms with E-state index in [1.54, 1.807) is 54.6 Å². The molecule has 0 unspecified atom stereocenters. The predicted molar refractivity (Wildman–Crippen MR) is 85.3 cm³/mol. The molecule has 3 heteroatoms. The second-order valence-corrected chi connectivity index (χ2v) is 5.11. The second-order valence-electron chi connectivity index (χ2n) is 5.11. The molecule has 0 aromatic heterocycles. The lowest BCUT2D eigenvalue weighted by molar-refractivity contribution is 0.451. The van der Waals surface area contributed by atoms with Crippen molar-refractivity contribution < 1.29 is 15.3 Å². The van der Waals surface area contributed by atoms with Crippen molar-refractivity contribution in [1.82, 2.24) is 0 Å². The summed E-state index contributed by atoms with van der Waals surface area (Å²) < 4.78 is 0. The van der Waals surface area contributed by atoms with Crippen molar-refractivity contribution in [2.75, 3.05) is 0 Å². The molecule has 0 bridgehead atoms. The maximum atomic E-state index is 10.2. The minimum absolute atomic E-state index is 0.124. The van der Waals surface area contributed by atoms with Crippen molar-refractivity contribution in [2.45, 2.75) is 5.92 Å². The monoisotopic (exact) mass is 292 g/mol. The molecule has 110 valence electrons. The van der Waals surface area contributed by atoms with Gasteiger partial charge in [-0.05, 0) is 18.2 Å². The summed E-state index contributed by atoms with van der Waals surface area (Å²) >= 11 is 0. The smallest absolute Gasteiger partial charge is 0.119 e. The van der Waals surface area contributed by atoms with E-state index in [0.717, 1.165) is 0 Å². The molecule has 0 aliphatic rings. The normalized spacial score (nSPS) is 10.8. The topological polar surface area (TPSA) is 60.7 Å². The number of benzene rings is 3. The maximum absolute atomic E-state index is 10.2. The van der Waals surface area contributed by atoms with Crippen LogP contribution in [0.1, 0.15) is 22.6 Å². The first-order valence-corrected chi connectivity index (χ1v) is 7.02. The van der Waals surface area contributed by atoms with Crippen LogP contribution in [0.2, 0.25) is 0 Å². The summed E-state index contributed by atoms with van der Waals surface area (Å²) in [6.45, 7) is 0. The zero-order valence-electron chi connectivity index (χ0n) is 11.8. The average Bonchev–Trinajstić information content (AvgIpc) is 2.53. The Balaban J connectivity index is 2.27. The fourth-order valence-electron chi connectivity index (χ4n) is 2.70. The van der Waals surface area contributed by atoms with Gasteiger partial charge in [-0.25, -0.2) is 0 Å². The Morgan fingerprint density at radius 2 is 0.727 bits per heavy atom. The van der Waals surface area contributed by atoms with Crippen LogP contribution >= 0.6 is 0 Å². The first-order chi connectivity index (χ1) is 10.7. The zero-order valence-corrected chi connectivity index (χ0v) is 11.8. The van der Waals surface area contributed by atoms with E-state index in [-0.39, 0.29) is 17.2 Å². The molecule has 0 fully saturated rings. The summed E-state index contributed by atoms with van der Waals surface area (Å²) in [7, 11) is 0. The van der Waals surface area contributed by atoms with Crippen molar-refractivity contribution >= 4 is 0 Å². The third-order valence-electron chi connectivity index (χ3n) is 3.74. The molecule has 3 aromatic carbocycles. The van der Waals surface area contributed by atoms with Crippen LogP contribution in [0.3, 0.4) is 0 Å². The Morgan fingerprint density at radius 3 is 1.00 bits per heavy atom. The van der Waals surface area contributed by atoms with Crippen LogP contribution in [0.5, 0.6) is 17.2 Å². The summed E-state index contributed by atoms with van der Waals surface area (Å²) in [4.78, 5) is 0. The lowest BCUT2D eigenvalue weighted by Crippen LogP contribution is -2.04. The number of phenols is 3. The molecule has 3 nitrogen and oxygen atoms in total. The minimum Gasteiger partial charge on any atom is -0.508 e. The van der Waals surface area contributed by atoms with Crippen LogP contribution in [0.15, 0.2) is 72.8 Å². The van der Waals surface area contributed by atoms with E-state index in [2.05, 4.69) is 0 Å². The first-order valence-electron chi connectivity index (χ1n) is 7.02. The molecular weight excluding hydrogens is 276 g/mol. The Labute approximate surface area is 128 Å². The van der Waals surface area contributed by atoms with Gasteiger partial charge in [-0.1, -0.05) is 54.6 Å². The highest BCUT2D eigenvalue weighted by Crippen LogP contribution is 2.42. The summed E-state index contributed by atoms with van der Waals surface area (Å²) in [5.74, 6) is -0.0828. The van der Waals surface area contributed by atoms with Crippen molar-refractivity contribution in [3.63, 3.8) is 0 Å². The zero-order chi connectivity index (χ0) is 15.5. The van der Waals surface area contributed by atoms with Gasteiger partial charge in [0.05, 0.1) is 0 Å². The molecule has 0 heterocycles. The number of rotatable bonds is 3. The minimum atomic E-state index is -0.455. The lowest BCUT2D eigenvalue weighted by Gasteiger charge is -2.21. The quantitative estimate of drug-likeness (QED) is 0.640. The van der Waals surface area contributed by atoms with Gasteiger partial charge in [-0.3, -0.25) is 0 Å². The van der Waals surface area contributed by atoms with Gasteiger partial charge in [0.15, 0.2) is 0 Å². The number of phenolic OH excluding ortho intramolecular Hbond substituents is 3. The molecule has 0 spiro atoms. The highest BCUT2D eigenvalue weighted by atomic mass is 16.3. The molecule has 3 rings (SSSR count). The summed E-state index contributed by atoms with van der Waals surface area (Å²) in [5, 5.41) is 30.7. The Bertz CT molecular complexity index is 688. The van der Waals surface area contributed by atoms with Crippen molar-refractivity contribution in [1.29, 1.82) is 0 Å². The molecular formula is C19H16O3. The van der Waals surface area contributed by atoms with Gasteiger partial charge >= 0.3 is 0 Å². The van der Waals surface area contributed by atoms with Gasteiger partial charge in [0, 0.05) is 22.6 Å². The van der Waals surface area contributed by atoms with Gasteiger partial charge < -0.3 is 15.3 Å². The molecule has 0 atom stereocenters. The fourth-order valence-corrected chi connectivity index (χ4v) is 2.70. The molecule has 0 aliphatic carbocycles. The van der Waals surface area contributed by atoms with Crippen LogP contribution in [0.25, 0.3) is 0 Å². The molecule has 0 saturated carbocycles. The highest BCUT2D eigenvalue weighted by Gasteiger charge is 2.24. The molecule has 0 saturated heterocycles. The van der Waals surface area contributed by atoms with Gasteiger partial charge in [-0.2, -0.15) is 0 Å². The summed E-state index contributed by atoms with van der Waals surface area (Å²) in [6.07, 6.45) is 0. The molecule has 3 aromatic rings. The van der Waals surface area contributed by atoms with Gasteiger partial charge in [0.1, 0.15) is 17.2 Å². The van der Waals surface area contributed by atoms with Crippen LogP contribution in [0, 0.1) is 0 Å². The van der Waals surface area contributed by atoms with Crippen LogP contribution in [0.4, 0.5) is 0 Å². The van der Waals surface area contributed by atoms with Crippen molar-refractivity contribution in [2.24, 2.45) is 0 Å². The third-order valence-corrected chi connectivity index (χ3v) is 3.74. The van der Waals surface area contributed by atoms with Gasteiger partial charge in [0.2, 0.25) is 0 Å². The molecule has 0 radical (unpaired) electrons. The average molecular weight is 292 g/mol. The van der Waals surface area contributed by atoms with Gasteiger partial charge in [-0.15, -0.1) is 0 Å². The van der Waals surface area contributed by atoms with E-state index in [4.69, 9.17) is 0 Å². The SMILES string of the molecule is Oc1ccccc1C(c1ccccc1O)c1ccccc1O. The molecule has 22 heavy (non-hydrogen) atoms. The molecule has 0 amide bonds. The molecule has 3 N–H and O–H groups in total. The number of para-hydroxylation sites is 3. The standard InChI is InChI=1S/C19H16O3/c20-16-10-4-1-7-13(16)19(14-8-2-5-11-17(14)21)15-9-3-6-12-18(15)22/h1-12,19-22H. The Kier molecular flexibility index (Phi) is 3.71. The largest absolute Gasteiger partial charge is 0.508 e. The van der Waals surface area contributed by atoms with E-state index >= 15 is 0 Å². The first kappa shape index (κ1) is 14.0. The number of hydrogen-bond donors (Lipinski definition) is 3. The van der Waals surface area contributed by atoms with E-state index in [1.807, 2.05) is 18.2 Å². The second kappa shape index (κ2) is 5.82. The number of aromatic hydroxyl groups is 3. The van der Waals surface area contributed by atoms with Crippen LogP contribution < -0.4 is 0 Å². The van der Waals surface area contributed by atoms with Crippen molar-refractivity contribution in [3.05, 3.63) is 89.5 Å². The van der Waals surface area contributed by atoms with Gasteiger partial charge in [0.25, 0.3) is 0 Å². The van der Waals surface area contributed by atoms with Crippen LogP contribution in [-0.4, -0.2) is 15.3 Å². The summed E-state index contributed by atoms with van der Waals surface area (Å²) in [6, 6.07) is 20.9. The number of hydrogen-bond acceptors (Lipinski definition) is 3. The fraction of sp³-hybridized carbons (Fsp3) is 0.0526. The molecule has 0 aliphatic heterocycles. The van der Waals surface area contributed by atoms with E-state index in [0.29, 0.717) is 16.7 Å².